The molecule has 0 saturated heterocycles. The van der Waals surface area contributed by atoms with Crippen molar-refractivity contribution in [3.63, 3.8) is 0 Å². The number of hydrogen-bond donors (Lipinski definition) is 0. The lowest BCUT2D eigenvalue weighted by Gasteiger charge is -2.01. The van der Waals surface area contributed by atoms with Gasteiger partial charge in [-0.05, 0) is 12.8 Å². The fourth-order valence-corrected chi connectivity index (χ4v) is 1.42. The highest BCUT2D eigenvalue weighted by molar-refractivity contribution is 9.09. The monoisotopic (exact) mass is 248 g/mol. The average molecular weight is 249 g/mol. The summed E-state index contributed by atoms with van der Waals surface area (Å²) in [4.78, 5) is 11.3. The lowest BCUT2D eigenvalue weighted by atomic mass is 10.2. The molecule has 76 valence electrons. The number of rotatable bonds is 6. The second-order valence-electron chi connectivity index (χ2n) is 2.83. The molecule has 0 aliphatic carbocycles. The van der Waals surface area contributed by atoms with E-state index in [-0.39, 0.29) is 10.8 Å². The summed E-state index contributed by atoms with van der Waals surface area (Å²) in [5, 5.41) is 0. The van der Waals surface area contributed by atoms with E-state index < -0.39 is 0 Å². The van der Waals surface area contributed by atoms with Crippen molar-refractivity contribution in [1.29, 1.82) is 0 Å². The van der Waals surface area contributed by atoms with Crippen LogP contribution in [0.15, 0.2) is 12.2 Å². The molecule has 0 amide bonds. The molecule has 0 aliphatic rings. The van der Waals surface area contributed by atoms with Gasteiger partial charge in [0.25, 0.3) is 0 Å². The number of halogens is 1. The van der Waals surface area contributed by atoms with Gasteiger partial charge >= 0.3 is 5.97 Å². The van der Waals surface area contributed by atoms with Crippen LogP contribution in [0.3, 0.4) is 0 Å². The molecule has 0 fully saturated rings. The van der Waals surface area contributed by atoms with Crippen LogP contribution < -0.4 is 0 Å². The molecule has 2 nitrogen and oxygen atoms in total. The smallest absolute Gasteiger partial charge is 0.330 e. The molecule has 0 heterocycles. The Balaban J connectivity index is 3.63. The zero-order chi connectivity index (χ0) is 10.1. The lowest BCUT2D eigenvalue weighted by Crippen LogP contribution is -2.02. The van der Waals surface area contributed by atoms with Gasteiger partial charge in [0.1, 0.15) is 0 Å². The van der Waals surface area contributed by atoms with Gasteiger partial charge in [-0.2, -0.15) is 0 Å². The van der Waals surface area contributed by atoms with Crippen LogP contribution in [-0.4, -0.2) is 17.4 Å². The van der Waals surface area contributed by atoms with Crippen molar-refractivity contribution in [2.75, 3.05) is 6.61 Å². The average Bonchev–Trinajstić information content (AvgIpc) is 2.12. The third kappa shape index (κ3) is 8.03. The van der Waals surface area contributed by atoms with E-state index in [1.54, 1.807) is 0 Å². The van der Waals surface area contributed by atoms with Crippen molar-refractivity contribution in [2.45, 2.75) is 37.9 Å². The van der Waals surface area contributed by atoms with E-state index in [1.807, 2.05) is 13.0 Å². The van der Waals surface area contributed by atoms with Crippen LogP contribution in [0.4, 0.5) is 0 Å². The predicted molar refractivity (Wildman–Crippen MR) is 58.0 cm³/mol. The molecular formula is C10H17BrO2. The quantitative estimate of drug-likeness (QED) is 0.411. The summed E-state index contributed by atoms with van der Waals surface area (Å²) in [6.07, 6.45) is 6.33. The third-order valence-corrected chi connectivity index (χ3v) is 2.22. The van der Waals surface area contributed by atoms with Gasteiger partial charge in [0.05, 0.1) is 6.61 Å². The molecule has 13 heavy (non-hydrogen) atoms. The van der Waals surface area contributed by atoms with E-state index in [0.29, 0.717) is 6.61 Å². The maximum atomic E-state index is 11.0. The maximum Gasteiger partial charge on any atom is 0.330 e. The first-order chi connectivity index (χ1) is 6.20. The molecular weight excluding hydrogens is 232 g/mol. The second kappa shape index (κ2) is 8.30. The topological polar surface area (TPSA) is 26.3 Å². The Bertz CT molecular complexity index is 166. The van der Waals surface area contributed by atoms with Crippen molar-refractivity contribution in [1.82, 2.24) is 0 Å². The Hall–Kier alpha value is -0.310. The van der Waals surface area contributed by atoms with Crippen molar-refractivity contribution < 1.29 is 9.53 Å². The van der Waals surface area contributed by atoms with E-state index in [9.17, 15) is 4.79 Å². The zero-order valence-corrected chi connectivity index (χ0v) is 9.84. The number of esters is 1. The minimum absolute atomic E-state index is 0.248. The van der Waals surface area contributed by atoms with Gasteiger partial charge < -0.3 is 4.74 Å². The van der Waals surface area contributed by atoms with Crippen LogP contribution in [0, 0.1) is 0 Å². The Morgan fingerprint density at radius 3 is 2.69 bits per heavy atom. The van der Waals surface area contributed by atoms with E-state index in [2.05, 4.69) is 22.9 Å². The third-order valence-electron chi connectivity index (χ3n) is 1.45. The van der Waals surface area contributed by atoms with Crippen LogP contribution in [0.2, 0.25) is 0 Å². The summed E-state index contributed by atoms with van der Waals surface area (Å²) < 4.78 is 4.87. The first-order valence-corrected chi connectivity index (χ1v) is 5.61. The van der Waals surface area contributed by atoms with E-state index >= 15 is 0 Å². The summed E-state index contributed by atoms with van der Waals surface area (Å²) in [7, 11) is 0. The molecule has 1 atom stereocenters. The number of carbonyl (C=O) groups excluding carboxylic acids is 1. The second-order valence-corrected chi connectivity index (χ2v) is 4.01. The Morgan fingerprint density at radius 2 is 2.15 bits per heavy atom. The predicted octanol–water partition coefficient (Wildman–Crippen LogP) is 3.06. The molecule has 0 aromatic heterocycles. The molecule has 0 radical (unpaired) electrons. The fourth-order valence-electron chi connectivity index (χ4n) is 0.806. The van der Waals surface area contributed by atoms with Gasteiger partial charge in [-0.15, -0.1) is 0 Å². The van der Waals surface area contributed by atoms with E-state index in [1.165, 1.54) is 6.08 Å². The van der Waals surface area contributed by atoms with Gasteiger partial charge in [0.2, 0.25) is 0 Å². The molecule has 0 saturated carbocycles. The van der Waals surface area contributed by atoms with Crippen LogP contribution in [-0.2, 0) is 9.53 Å². The minimum Gasteiger partial charge on any atom is -0.463 e. The first-order valence-electron chi connectivity index (χ1n) is 4.69. The van der Waals surface area contributed by atoms with Crippen molar-refractivity contribution in [2.24, 2.45) is 0 Å². The molecule has 0 N–H and O–H groups in total. The van der Waals surface area contributed by atoms with Gasteiger partial charge in [0, 0.05) is 10.9 Å². The molecule has 0 aromatic carbocycles. The fraction of sp³-hybridized carbons (Fsp3) is 0.700. The van der Waals surface area contributed by atoms with Gasteiger partial charge in [0.15, 0.2) is 0 Å². The molecule has 0 aromatic rings. The summed E-state index contributed by atoms with van der Waals surface area (Å²) in [6.45, 7) is 4.59. The zero-order valence-electron chi connectivity index (χ0n) is 8.25. The molecule has 0 aliphatic heterocycles. The van der Waals surface area contributed by atoms with Gasteiger partial charge in [-0.25, -0.2) is 4.79 Å². The molecule has 1 unspecified atom stereocenters. The number of allylic oxidation sites excluding steroid dienone is 1. The maximum absolute atomic E-state index is 11.0. The van der Waals surface area contributed by atoms with E-state index in [0.717, 1.165) is 19.3 Å². The van der Waals surface area contributed by atoms with Crippen LogP contribution >= 0.6 is 15.9 Å². The Morgan fingerprint density at radius 1 is 1.46 bits per heavy atom. The number of alkyl halides is 1. The normalized spacial score (nSPS) is 13.2. The number of carbonyl (C=O) groups is 1. The SMILES string of the molecule is CCCOC(=O)C=CC(Br)CCC. The van der Waals surface area contributed by atoms with Crippen molar-refractivity contribution in [3.8, 4) is 0 Å². The number of ether oxygens (including phenoxy) is 1. The summed E-state index contributed by atoms with van der Waals surface area (Å²) in [5.74, 6) is -0.248. The van der Waals surface area contributed by atoms with Gasteiger partial charge in [-0.1, -0.05) is 42.3 Å². The molecule has 0 rings (SSSR count). The molecule has 0 spiro atoms. The van der Waals surface area contributed by atoms with Crippen molar-refractivity contribution in [3.05, 3.63) is 12.2 Å². The van der Waals surface area contributed by atoms with E-state index in [4.69, 9.17) is 4.74 Å². The Kier molecular flexibility index (Phi) is 8.10. The highest BCUT2D eigenvalue weighted by atomic mass is 79.9. The highest BCUT2D eigenvalue weighted by Gasteiger charge is 1.99. The van der Waals surface area contributed by atoms with Crippen LogP contribution in [0.1, 0.15) is 33.1 Å². The summed E-state index contributed by atoms with van der Waals surface area (Å²) in [6, 6.07) is 0. The highest BCUT2D eigenvalue weighted by Crippen LogP contribution is 2.08. The largest absolute Gasteiger partial charge is 0.463 e. The number of hydrogen-bond acceptors (Lipinski definition) is 2. The summed E-state index contributed by atoms with van der Waals surface area (Å²) >= 11 is 3.44. The van der Waals surface area contributed by atoms with Gasteiger partial charge in [-0.3, -0.25) is 0 Å². The first kappa shape index (κ1) is 12.7. The van der Waals surface area contributed by atoms with Crippen LogP contribution in [0.25, 0.3) is 0 Å². The minimum atomic E-state index is -0.248. The van der Waals surface area contributed by atoms with Crippen molar-refractivity contribution >= 4 is 21.9 Å². The molecule has 3 heteroatoms. The Labute approximate surface area is 88.5 Å². The standard InChI is InChI=1S/C10H17BrO2/c1-3-5-9(11)6-7-10(12)13-8-4-2/h6-7,9H,3-5,8H2,1-2H3. The van der Waals surface area contributed by atoms with Crippen LogP contribution in [0.5, 0.6) is 0 Å². The summed E-state index contributed by atoms with van der Waals surface area (Å²) in [5.41, 5.74) is 0. The molecule has 0 bridgehead atoms. The lowest BCUT2D eigenvalue weighted by molar-refractivity contribution is -0.137.